The van der Waals surface area contributed by atoms with Gasteiger partial charge in [-0.25, -0.2) is 0 Å². The molecule has 0 saturated carbocycles. The van der Waals surface area contributed by atoms with Crippen LogP contribution in [-0.2, 0) is 28.6 Å². The SMILES string of the molecule is CCCCC/C=C\C/C=C\CCCCCCCCCC(=O)OC(COC(=O)CCC/C=C\C/C=C\C/C=C\CCCCCCCC)COC(=O)CCCCCCCCCCC. The Balaban J connectivity index is 4.41. The number of hydrogen-bond acceptors (Lipinski definition) is 6. The third-order valence-corrected chi connectivity index (χ3v) is 11.0. The van der Waals surface area contributed by atoms with Gasteiger partial charge in [-0.3, -0.25) is 14.4 Å². The van der Waals surface area contributed by atoms with Crippen molar-refractivity contribution in [3.8, 4) is 0 Å². The van der Waals surface area contributed by atoms with Crippen molar-refractivity contribution in [2.45, 2.75) is 258 Å². The maximum atomic E-state index is 12.8. The normalized spacial score (nSPS) is 12.5. The summed E-state index contributed by atoms with van der Waals surface area (Å²) >= 11 is 0. The fraction of sp³-hybridized carbons (Fsp3) is 0.764. The lowest BCUT2D eigenvalue weighted by atomic mass is 10.1. The molecular weight excluding hydrogens is 757 g/mol. The van der Waals surface area contributed by atoms with Crippen LogP contribution in [-0.4, -0.2) is 37.2 Å². The topological polar surface area (TPSA) is 78.9 Å². The zero-order chi connectivity index (χ0) is 44.4. The lowest BCUT2D eigenvalue weighted by Gasteiger charge is -2.18. The summed E-state index contributed by atoms with van der Waals surface area (Å²) in [4.78, 5) is 37.9. The van der Waals surface area contributed by atoms with Crippen LogP contribution in [0.5, 0.6) is 0 Å². The van der Waals surface area contributed by atoms with E-state index in [-0.39, 0.29) is 37.5 Å². The van der Waals surface area contributed by atoms with Gasteiger partial charge in [-0.2, -0.15) is 0 Å². The third-order valence-electron chi connectivity index (χ3n) is 11.0. The molecule has 0 radical (unpaired) electrons. The summed E-state index contributed by atoms with van der Waals surface area (Å²) in [5, 5.41) is 0. The van der Waals surface area contributed by atoms with Crippen molar-refractivity contribution >= 4 is 17.9 Å². The van der Waals surface area contributed by atoms with Gasteiger partial charge in [0.25, 0.3) is 0 Å². The Morgan fingerprint density at radius 3 is 1.02 bits per heavy atom. The number of esters is 3. The standard InChI is InChI=1S/C55H96O6/c1-4-7-10-13-16-19-21-23-25-27-29-31-33-36-39-42-45-48-54(57)60-51-52(50-59-53(56)47-44-41-38-35-18-15-12-9-6-3)61-55(58)49-46-43-40-37-34-32-30-28-26-24-22-20-17-14-11-8-5-2/h17,20,23-26,29,31,36,39,52H,4-16,18-19,21-22,27-28,30,32-35,37-38,40-51H2,1-3H3/b20-17-,25-23-,26-24-,31-29-,39-36-. The molecule has 1 unspecified atom stereocenters. The molecule has 0 aromatic heterocycles. The molecule has 0 aromatic rings. The summed E-state index contributed by atoms with van der Waals surface area (Å²) in [7, 11) is 0. The minimum Gasteiger partial charge on any atom is -0.462 e. The summed E-state index contributed by atoms with van der Waals surface area (Å²) in [6.45, 7) is 6.54. The molecule has 0 rings (SSSR count). The van der Waals surface area contributed by atoms with Crippen molar-refractivity contribution < 1.29 is 28.6 Å². The Labute approximate surface area is 377 Å². The van der Waals surface area contributed by atoms with E-state index in [0.717, 1.165) is 70.6 Å². The molecule has 6 nitrogen and oxygen atoms in total. The highest BCUT2D eigenvalue weighted by atomic mass is 16.6. The molecule has 0 spiro atoms. The molecular formula is C55H96O6. The van der Waals surface area contributed by atoms with Crippen molar-refractivity contribution in [3.05, 3.63) is 60.8 Å². The van der Waals surface area contributed by atoms with Crippen LogP contribution in [0, 0.1) is 0 Å². The number of rotatable bonds is 46. The highest BCUT2D eigenvalue weighted by Crippen LogP contribution is 2.14. The van der Waals surface area contributed by atoms with Crippen molar-refractivity contribution in [2.75, 3.05) is 13.2 Å². The third kappa shape index (κ3) is 48.0. The van der Waals surface area contributed by atoms with Crippen LogP contribution in [0.15, 0.2) is 60.8 Å². The quantitative estimate of drug-likeness (QED) is 0.0263. The van der Waals surface area contributed by atoms with Gasteiger partial charge in [-0.1, -0.05) is 210 Å². The van der Waals surface area contributed by atoms with Crippen LogP contribution in [0.1, 0.15) is 252 Å². The van der Waals surface area contributed by atoms with Crippen LogP contribution >= 0.6 is 0 Å². The average Bonchev–Trinajstić information content (AvgIpc) is 3.26. The minimum absolute atomic E-state index is 0.0919. The Morgan fingerprint density at radius 2 is 0.607 bits per heavy atom. The maximum absolute atomic E-state index is 12.8. The number of carbonyl (C=O) groups excluding carboxylic acids is 3. The lowest BCUT2D eigenvalue weighted by molar-refractivity contribution is -0.167. The van der Waals surface area contributed by atoms with Gasteiger partial charge in [0, 0.05) is 19.3 Å². The zero-order valence-corrected chi connectivity index (χ0v) is 40.2. The average molecular weight is 853 g/mol. The second kappa shape index (κ2) is 49.8. The van der Waals surface area contributed by atoms with Gasteiger partial charge < -0.3 is 14.2 Å². The van der Waals surface area contributed by atoms with Crippen LogP contribution in [0.3, 0.4) is 0 Å². The molecule has 0 saturated heterocycles. The molecule has 0 aliphatic carbocycles. The van der Waals surface area contributed by atoms with E-state index in [0.29, 0.717) is 19.3 Å². The van der Waals surface area contributed by atoms with Gasteiger partial charge in [-0.15, -0.1) is 0 Å². The first-order valence-corrected chi connectivity index (χ1v) is 25.8. The van der Waals surface area contributed by atoms with E-state index in [9.17, 15) is 14.4 Å². The fourth-order valence-corrected chi connectivity index (χ4v) is 7.08. The first-order valence-electron chi connectivity index (χ1n) is 25.8. The molecule has 0 aromatic carbocycles. The van der Waals surface area contributed by atoms with Crippen LogP contribution in [0.2, 0.25) is 0 Å². The molecule has 0 amide bonds. The summed E-state index contributed by atoms with van der Waals surface area (Å²) in [5.41, 5.74) is 0. The molecule has 0 bridgehead atoms. The molecule has 61 heavy (non-hydrogen) atoms. The van der Waals surface area contributed by atoms with Gasteiger partial charge in [0.1, 0.15) is 13.2 Å². The van der Waals surface area contributed by atoms with E-state index in [4.69, 9.17) is 14.2 Å². The van der Waals surface area contributed by atoms with Crippen LogP contribution in [0.4, 0.5) is 0 Å². The van der Waals surface area contributed by atoms with Crippen molar-refractivity contribution in [3.63, 3.8) is 0 Å². The Morgan fingerprint density at radius 1 is 0.328 bits per heavy atom. The summed E-state index contributed by atoms with van der Waals surface area (Å²) in [5.74, 6) is -0.954. The van der Waals surface area contributed by atoms with E-state index < -0.39 is 6.10 Å². The number of ether oxygens (including phenoxy) is 3. The highest BCUT2D eigenvalue weighted by molar-refractivity contribution is 5.71. The Kier molecular flexibility index (Phi) is 47.4. The van der Waals surface area contributed by atoms with E-state index in [1.54, 1.807) is 0 Å². The maximum Gasteiger partial charge on any atom is 0.306 e. The lowest BCUT2D eigenvalue weighted by Crippen LogP contribution is -2.30. The van der Waals surface area contributed by atoms with Gasteiger partial charge >= 0.3 is 17.9 Å². The number of unbranched alkanes of at least 4 members (excludes halogenated alkanes) is 25. The molecule has 1 atom stereocenters. The highest BCUT2D eigenvalue weighted by Gasteiger charge is 2.19. The second-order valence-corrected chi connectivity index (χ2v) is 17.1. The van der Waals surface area contributed by atoms with E-state index in [1.807, 2.05) is 0 Å². The molecule has 0 heterocycles. The van der Waals surface area contributed by atoms with Crippen molar-refractivity contribution in [1.29, 1.82) is 0 Å². The second-order valence-electron chi connectivity index (χ2n) is 17.1. The number of carbonyl (C=O) groups is 3. The Bertz CT molecular complexity index is 1120. The van der Waals surface area contributed by atoms with Gasteiger partial charge in [0.05, 0.1) is 0 Å². The predicted octanol–water partition coefficient (Wildman–Crippen LogP) is 16.9. The molecule has 0 aliphatic heterocycles. The van der Waals surface area contributed by atoms with Gasteiger partial charge in [0.15, 0.2) is 6.10 Å². The first kappa shape index (κ1) is 58.1. The Hall–Kier alpha value is -2.89. The number of allylic oxidation sites excluding steroid dienone is 10. The van der Waals surface area contributed by atoms with Crippen LogP contribution < -0.4 is 0 Å². The van der Waals surface area contributed by atoms with Crippen molar-refractivity contribution in [1.82, 2.24) is 0 Å². The van der Waals surface area contributed by atoms with Crippen molar-refractivity contribution in [2.24, 2.45) is 0 Å². The molecule has 0 N–H and O–H groups in total. The minimum atomic E-state index is -0.795. The predicted molar refractivity (Wildman–Crippen MR) is 261 cm³/mol. The van der Waals surface area contributed by atoms with E-state index >= 15 is 0 Å². The number of hydrogen-bond donors (Lipinski definition) is 0. The van der Waals surface area contributed by atoms with E-state index in [1.165, 1.54) is 135 Å². The monoisotopic (exact) mass is 853 g/mol. The largest absolute Gasteiger partial charge is 0.462 e. The molecule has 0 aliphatic rings. The van der Waals surface area contributed by atoms with Gasteiger partial charge in [0.2, 0.25) is 0 Å². The molecule has 352 valence electrons. The van der Waals surface area contributed by atoms with Gasteiger partial charge in [-0.05, 0) is 83.5 Å². The first-order chi connectivity index (χ1) is 30.0. The molecule has 0 fully saturated rings. The molecule has 6 heteroatoms. The zero-order valence-electron chi connectivity index (χ0n) is 40.2. The fourth-order valence-electron chi connectivity index (χ4n) is 7.08. The summed E-state index contributed by atoms with van der Waals surface area (Å²) in [6.07, 6.45) is 60.7. The summed E-state index contributed by atoms with van der Waals surface area (Å²) < 4.78 is 16.7. The van der Waals surface area contributed by atoms with E-state index in [2.05, 4.69) is 81.5 Å². The van der Waals surface area contributed by atoms with Crippen LogP contribution in [0.25, 0.3) is 0 Å². The smallest absolute Gasteiger partial charge is 0.306 e. The summed E-state index contributed by atoms with van der Waals surface area (Å²) in [6, 6.07) is 0.